The summed E-state index contributed by atoms with van der Waals surface area (Å²) in [4.78, 5) is 0. The van der Waals surface area contributed by atoms with E-state index in [1.807, 2.05) is 0 Å². The first-order valence-corrected chi connectivity index (χ1v) is 4.15. The summed E-state index contributed by atoms with van der Waals surface area (Å²) in [5.41, 5.74) is 0. The Balaban J connectivity index is 2.16. The van der Waals surface area contributed by atoms with Crippen molar-refractivity contribution in [2.24, 2.45) is 17.8 Å². The first kappa shape index (κ1) is 6.41. The van der Waals surface area contributed by atoms with Gasteiger partial charge in [-0.1, -0.05) is 19.1 Å². The van der Waals surface area contributed by atoms with Gasteiger partial charge in [-0.15, -0.1) is 0 Å². The van der Waals surface area contributed by atoms with E-state index in [-0.39, 0.29) is 6.10 Å². The molecule has 0 aromatic rings. The van der Waals surface area contributed by atoms with Gasteiger partial charge in [-0.05, 0) is 24.7 Å². The largest absolute Gasteiger partial charge is 0.393 e. The molecule has 0 saturated heterocycles. The molecule has 10 heavy (non-hydrogen) atoms. The van der Waals surface area contributed by atoms with Crippen LogP contribution >= 0.6 is 0 Å². The highest BCUT2D eigenvalue weighted by molar-refractivity contribution is 5.10. The van der Waals surface area contributed by atoms with Crippen LogP contribution in [0.3, 0.4) is 0 Å². The number of hydrogen-bond donors (Lipinski definition) is 1. The van der Waals surface area contributed by atoms with Crippen LogP contribution in [0.1, 0.15) is 19.8 Å². The van der Waals surface area contributed by atoms with Crippen molar-refractivity contribution in [2.45, 2.75) is 25.9 Å². The summed E-state index contributed by atoms with van der Waals surface area (Å²) in [6.45, 7) is 2.25. The lowest BCUT2D eigenvalue weighted by molar-refractivity contribution is 0.142. The molecule has 0 aliphatic heterocycles. The lowest BCUT2D eigenvalue weighted by Gasteiger charge is -2.14. The van der Waals surface area contributed by atoms with Crippen molar-refractivity contribution < 1.29 is 5.11 Å². The standard InChI is InChI=1S/C9H14O/c1-6-2-3-8-7(6)4-5-9(8)10/h2-3,6-10H,4-5H2,1H3/t6-,7+,8-,9+/m0/s1. The summed E-state index contributed by atoms with van der Waals surface area (Å²) in [6, 6.07) is 0. The van der Waals surface area contributed by atoms with Crippen LogP contribution in [0.25, 0.3) is 0 Å². The monoisotopic (exact) mass is 138 g/mol. The normalized spacial score (nSPS) is 51.8. The number of allylic oxidation sites excluding steroid dienone is 1. The third kappa shape index (κ3) is 0.734. The summed E-state index contributed by atoms with van der Waals surface area (Å²) in [7, 11) is 0. The van der Waals surface area contributed by atoms with Gasteiger partial charge in [0.15, 0.2) is 0 Å². The predicted molar refractivity (Wildman–Crippen MR) is 40.5 cm³/mol. The SMILES string of the molecule is C[C@H]1C=C[C@H]2[C@@H]1CC[C@H]2O. The van der Waals surface area contributed by atoms with E-state index in [0.717, 1.165) is 12.3 Å². The number of fused-ring (bicyclic) bond motifs is 1. The van der Waals surface area contributed by atoms with E-state index < -0.39 is 0 Å². The quantitative estimate of drug-likeness (QED) is 0.504. The molecule has 1 fully saturated rings. The Morgan fingerprint density at radius 1 is 1.30 bits per heavy atom. The fourth-order valence-electron chi connectivity index (χ4n) is 2.36. The molecule has 0 radical (unpaired) electrons. The molecule has 2 rings (SSSR count). The maximum absolute atomic E-state index is 9.47. The Hall–Kier alpha value is -0.300. The highest BCUT2D eigenvalue weighted by Crippen LogP contribution is 2.42. The first-order valence-electron chi connectivity index (χ1n) is 4.15. The van der Waals surface area contributed by atoms with Crippen molar-refractivity contribution in [1.29, 1.82) is 0 Å². The maximum atomic E-state index is 9.47. The van der Waals surface area contributed by atoms with Crippen LogP contribution < -0.4 is 0 Å². The van der Waals surface area contributed by atoms with Crippen LogP contribution in [0.2, 0.25) is 0 Å². The summed E-state index contributed by atoms with van der Waals surface area (Å²) in [6.07, 6.45) is 6.65. The van der Waals surface area contributed by atoms with E-state index in [9.17, 15) is 5.11 Å². The van der Waals surface area contributed by atoms with Gasteiger partial charge in [-0.25, -0.2) is 0 Å². The van der Waals surface area contributed by atoms with Gasteiger partial charge in [-0.3, -0.25) is 0 Å². The summed E-state index contributed by atoms with van der Waals surface area (Å²) < 4.78 is 0. The number of aliphatic hydroxyl groups is 1. The third-order valence-corrected chi connectivity index (χ3v) is 3.05. The second-order valence-corrected chi connectivity index (χ2v) is 3.63. The number of hydrogen-bond acceptors (Lipinski definition) is 1. The first-order chi connectivity index (χ1) is 4.79. The minimum Gasteiger partial charge on any atom is -0.393 e. The number of aliphatic hydroxyl groups excluding tert-OH is 1. The molecule has 0 unspecified atom stereocenters. The van der Waals surface area contributed by atoms with Crippen LogP contribution in [0.5, 0.6) is 0 Å². The molecule has 0 bridgehead atoms. The zero-order valence-corrected chi connectivity index (χ0v) is 6.33. The minimum atomic E-state index is -0.0359. The lowest BCUT2D eigenvalue weighted by atomic mass is 9.92. The molecule has 0 spiro atoms. The van der Waals surface area contributed by atoms with E-state index in [1.165, 1.54) is 6.42 Å². The molecule has 1 N–H and O–H groups in total. The smallest absolute Gasteiger partial charge is 0.0605 e. The Kier molecular flexibility index (Phi) is 1.34. The Labute approximate surface area is 61.8 Å². The second-order valence-electron chi connectivity index (χ2n) is 3.63. The summed E-state index contributed by atoms with van der Waals surface area (Å²) >= 11 is 0. The molecule has 4 atom stereocenters. The van der Waals surface area contributed by atoms with Crippen molar-refractivity contribution in [3.8, 4) is 0 Å². The third-order valence-electron chi connectivity index (χ3n) is 3.05. The zero-order valence-electron chi connectivity index (χ0n) is 6.33. The van der Waals surface area contributed by atoms with Gasteiger partial charge in [0.25, 0.3) is 0 Å². The van der Waals surface area contributed by atoms with Gasteiger partial charge in [0.05, 0.1) is 6.10 Å². The molecule has 0 aromatic carbocycles. The van der Waals surface area contributed by atoms with Crippen molar-refractivity contribution in [1.82, 2.24) is 0 Å². The zero-order chi connectivity index (χ0) is 7.14. The van der Waals surface area contributed by atoms with Gasteiger partial charge < -0.3 is 5.11 Å². The van der Waals surface area contributed by atoms with Gasteiger partial charge in [-0.2, -0.15) is 0 Å². The Bertz CT molecular complexity index is 162. The van der Waals surface area contributed by atoms with Crippen LogP contribution in [0, 0.1) is 17.8 Å². The predicted octanol–water partition coefficient (Wildman–Crippen LogP) is 1.58. The van der Waals surface area contributed by atoms with Crippen molar-refractivity contribution >= 4 is 0 Å². The minimum absolute atomic E-state index is 0.0359. The van der Waals surface area contributed by atoms with Crippen LogP contribution in [0.4, 0.5) is 0 Å². The number of rotatable bonds is 0. The second kappa shape index (κ2) is 2.09. The molecule has 0 aromatic heterocycles. The molecular weight excluding hydrogens is 124 g/mol. The van der Waals surface area contributed by atoms with Crippen LogP contribution in [-0.2, 0) is 0 Å². The Morgan fingerprint density at radius 3 is 2.80 bits per heavy atom. The van der Waals surface area contributed by atoms with Gasteiger partial charge in [0, 0.05) is 5.92 Å². The summed E-state index contributed by atoms with van der Waals surface area (Å²) in [5.74, 6) is 1.96. The lowest BCUT2D eigenvalue weighted by Crippen LogP contribution is -2.15. The average Bonchev–Trinajstić information content (AvgIpc) is 2.41. The molecule has 2 aliphatic rings. The molecule has 1 heteroatoms. The van der Waals surface area contributed by atoms with Crippen LogP contribution in [0.15, 0.2) is 12.2 Å². The molecule has 2 aliphatic carbocycles. The van der Waals surface area contributed by atoms with E-state index in [4.69, 9.17) is 0 Å². The van der Waals surface area contributed by atoms with Crippen molar-refractivity contribution in [3.05, 3.63) is 12.2 Å². The highest BCUT2D eigenvalue weighted by Gasteiger charge is 2.38. The summed E-state index contributed by atoms with van der Waals surface area (Å²) in [5, 5.41) is 9.47. The van der Waals surface area contributed by atoms with E-state index in [2.05, 4.69) is 19.1 Å². The van der Waals surface area contributed by atoms with E-state index in [1.54, 1.807) is 0 Å². The molecule has 1 nitrogen and oxygen atoms in total. The highest BCUT2D eigenvalue weighted by atomic mass is 16.3. The average molecular weight is 138 g/mol. The molecule has 56 valence electrons. The van der Waals surface area contributed by atoms with Crippen molar-refractivity contribution in [3.63, 3.8) is 0 Å². The molecule has 1 saturated carbocycles. The van der Waals surface area contributed by atoms with E-state index in [0.29, 0.717) is 11.8 Å². The van der Waals surface area contributed by atoms with Crippen LogP contribution in [-0.4, -0.2) is 11.2 Å². The fourth-order valence-corrected chi connectivity index (χ4v) is 2.36. The topological polar surface area (TPSA) is 20.2 Å². The van der Waals surface area contributed by atoms with Gasteiger partial charge in [0.2, 0.25) is 0 Å². The molecule has 0 amide bonds. The molecular formula is C9H14O. The van der Waals surface area contributed by atoms with Crippen molar-refractivity contribution in [2.75, 3.05) is 0 Å². The fraction of sp³-hybridized carbons (Fsp3) is 0.778. The van der Waals surface area contributed by atoms with Gasteiger partial charge in [0.1, 0.15) is 0 Å². The molecule has 0 heterocycles. The Morgan fingerprint density at radius 2 is 2.10 bits per heavy atom. The maximum Gasteiger partial charge on any atom is 0.0605 e. The van der Waals surface area contributed by atoms with Gasteiger partial charge >= 0.3 is 0 Å². The van der Waals surface area contributed by atoms with E-state index >= 15 is 0 Å².